The second-order valence-electron chi connectivity index (χ2n) is 19.3. The third-order valence-corrected chi connectivity index (χ3v) is 12.4. The molecule has 0 aliphatic carbocycles. The first kappa shape index (κ1) is 65.6. The molecule has 0 aromatic carbocycles. The maximum atomic E-state index is 12.9. The van der Waals surface area contributed by atoms with Crippen molar-refractivity contribution >= 4 is 17.9 Å². The minimum absolute atomic E-state index is 0.0918. The number of allylic oxidation sites excluding steroid dienone is 14. The Morgan fingerprint density at radius 1 is 0.304 bits per heavy atom. The number of carbonyl (C=O) groups excluding carboxylic acids is 3. The van der Waals surface area contributed by atoms with Crippen molar-refractivity contribution in [3.05, 3.63) is 85.1 Å². The number of carbonyl (C=O) groups is 3. The van der Waals surface area contributed by atoms with E-state index in [-0.39, 0.29) is 31.1 Å². The molecule has 6 heteroatoms. The molecule has 1 atom stereocenters. The van der Waals surface area contributed by atoms with Crippen LogP contribution in [0.3, 0.4) is 0 Å². The summed E-state index contributed by atoms with van der Waals surface area (Å²) in [7, 11) is 0. The monoisotopic (exact) mass is 961 g/mol. The lowest BCUT2D eigenvalue weighted by atomic mass is 10.1. The second-order valence-corrected chi connectivity index (χ2v) is 19.3. The summed E-state index contributed by atoms with van der Waals surface area (Å²) >= 11 is 0. The van der Waals surface area contributed by atoms with Crippen molar-refractivity contribution in [2.75, 3.05) is 13.2 Å². The Bertz CT molecular complexity index is 1330. The maximum absolute atomic E-state index is 12.9. The molecule has 0 N–H and O–H groups in total. The van der Waals surface area contributed by atoms with Gasteiger partial charge in [0, 0.05) is 19.3 Å². The zero-order chi connectivity index (χ0) is 50.0. The molecule has 0 aromatic rings. The molecule has 0 heterocycles. The molecule has 6 nitrogen and oxygen atoms in total. The van der Waals surface area contributed by atoms with E-state index in [1.807, 2.05) is 0 Å². The highest BCUT2D eigenvalue weighted by molar-refractivity contribution is 5.71. The van der Waals surface area contributed by atoms with Gasteiger partial charge in [-0.2, -0.15) is 0 Å². The van der Waals surface area contributed by atoms with E-state index in [4.69, 9.17) is 14.2 Å². The maximum Gasteiger partial charge on any atom is 0.306 e. The summed E-state index contributed by atoms with van der Waals surface area (Å²) in [5, 5.41) is 0. The van der Waals surface area contributed by atoms with Crippen LogP contribution in [0.25, 0.3) is 0 Å². The van der Waals surface area contributed by atoms with Crippen molar-refractivity contribution in [2.24, 2.45) is 0 Å². The molecule has 0 spiro atoms. The van der Waals surface area contributed by atoms with Crippen molar-refractivity contribution < 1.29 is 28.6 Å². The Morgan fingerprint density at radius 2 is 0.580 bits per heavy atom. The van der Waals surface area contributed by atoms with E-state index in [0.29, 0.717) is 19.3 Å². The molecule has 0 amide bonds. The quantitative estimate of drug-likeness (QED) is 0.0199. The van der Waals surface area contributed by atoms with Gasteiger partial charge in [0.25, 0.3) is 0 Å². The standard InChI is InChI=1S/C63H108O6/c1-4-7-10-13-16-19-22-25-28-31-33-35-38-41-44-47-50-53-56-62(65)68-59-60(58-67-61(64)55-52-49-46-43-40-37-34-30-27-24-21-18-15-12-9-6-3)69-63(66)57-54-51-48-45-42-39-36-32-29-26-23-20-17-14-11-8-5-2/h16-17,19-20,22,25-26,28-31,33-35,60H,4-15,18,21,23-24,27,32,36-59H2,1-3H3/b19-16-,20-17-,25-22-,29-26-,31-28-,34-30-,35-33-. The lowest BCUT2D eigenvalue weighted by Crippen LogP contribution is -2.30. The first-order valence-electron chi connectivity index (χ1n) is 29.1. The summed E-state index contributed by atoms with van der Waals surface area (Å²) in [6.45, 7) is 6.56. The molecule has 0 saturated heterocycles. The Kier molecular flexibility index (Phi) is 54.3. The largest absolute Gasteiger partial charge is 0.462 e. The lowest BCUT2D eigenvalue weighted by molar-refractivity contribution is -0.167. The highest BCUT2D eigenvalue weighted by Crippen LogP contribution is 2.15. The normalized spacial score (nSPS) is 12.7. The van der Waals surface area contributed by atoms with Crippen LogP contribution in [0.1, 0.15) is 278 Å². The van der Waals surface area contributed by atoms with E-state index in [1.165, 1.54) is 135 Å². The van der Waals surface area contributed by atoms with Crippen LogP contribution in [-0.2, 0) is 28.6 Å². The predicted molar refractivity (Wildman–Crippen MR) is 297 cm³/mol. The molecular weight excluding hydrogens is 853 g/mol. The van der Waals surface area contributed by atoms with E-state index in [1.54, 1.807) is 0 Å². The molecule has 0 bridgehead atoms. The summed E-state index contributed by atoms with van der Waals surface area (Å²) in [6.07, 6.45) is 74.2. The van der Waals surface area contributed by atoms with Gasteiger partial charge in [-0.1, -0.05) is 241 Å². The fraction of sp³-hybridized carbons (Fsp3) is 0.730. The Balaban J connectivity index is 4.46. The molecule has 0 aliphatic heterocycles. The molecule has 0 rings (SSSR count). The zero-order valence-corrected chi connectivity index (χ0v) is 45.3. The fourth-order valence-electron chi connectivity index (χ4n) is 8.01. The Morgan fingerprint density at radius 3 is 0.971 bits per heavy atom. The van der Waals surface area contributed by atoms with Crippen LogP contribution in [0.4, 0.5) is 0 Å². The third kappa shape index (κ3) is 55.4. The van der Waals surface area contributed by atoms with Crippen LogP contribution < -0.4 is 0 Å². The van der Waals surface area contributed by atoms with E-state index in [0.717, 1.165) is 103 Å². The fourth-order valence-corrected chi connectivity index (χ4v) is 8.01. The first-order chi connectivity index (χ1) is 34.0. The second kappa shape index (κ2) is 57.2. The lowest BCUT2D eigenvalue weighted by Gasteiger charge is -2.18. The molecule has 0 radical (unpaired) electrons. The first-order valence-corrected chi connectivity index (χ1v) is 29.1. The summed E-state index contributed by atoms with van der Waals surface area (Å²) < 4.78 is 16.9. The van der Waals surface area contributed by atoms with Gasteiger partial charge < -0.3 is 14.2 Å². The van der Waals surface area contributed by atoms with Crippen LogP contribution in [0.15, 0.2) is 85.1 Å². The molecule has 396 valence electrons. The van der Waals surface area contributed by atoms with Crippen LogP contribution in [-0.4, -0.2) is 37.2 Å². The minimum Gasteiger partial charge on any atom is -0.462 e. The molecular formula is C63H108O6. The molecule has 69 heavy (non-hydrogen) atoms. The van der Waals surface area contributed by atoms with Crippen LogP contribution >= 0.6 is 0 Å². The summed E-state index contributed by atoms with van der Waals surface area (Å²) in [5.41, 5.74) is 0. The SMILES string of the molecule is CCCCC\C=C/C=C\C=C/C=C\CCCCCCCC(=O)OCC(COC(=O)CCCCCCC/C=C\CCCCCCCCC)OC(=O)CCCCCCCCC/C=C\C/C=C\CCCCC. The number of rotatable bonds is 52. The van der Waals surface area contributed by atoms with Crippen molar-refractivity contribution in [1.82, 2.24) is 0 Å². The zero-order valence-electron chi connectivity index (χ0n) is 45.3. The average molecular weight is 962 g/mol. The Labute approximate surface area is 426 Å². The van der Waals surface area contributed by atoms with Crippen LogP contribution in [0.2, 0.25) is 0 Å². The molecule has 0 aromatic heterocycles. The van der Waals surface area contributed by atoms with Gasteiger partial charge in [0.05, 0.1) is 0 Å². The summed E-state index contributed by atoms with van der Waals surface area (Å²) in [5.74, 6) is -0.924. The van der Waals surface area contributed by atoms with E-state index < -0.39 is 6.10 Å². The molecule has 0 aliphatic rings. The smallest absolute Gasteiger partial charge is 0.306 e. The van der Waals surface area contributed by atoms with Crippen molar-refractivity contribution in [3.8, 4) is 0 Å². The van der Waals surface area contributed by atoms with Gasteiger partial charge in [-0.05, 0) is 103 Å². The topological polar surface area (TPSA) is 78.9 Å². The van der Waals surface area contributed by atoms with E-state index in [9.17, 15) is 14.4 Å². The van der Waals surface area contributed by atoms with Crippen LogP contribution in [0.5, 0.6) is 0 Å². The molecule has 1 unspecified atom stereocenters. The van der Waals surface area contributed by atoms with Crippen molar-refractivity contribution in [2.45, 2.75) is 284 Å². The van der Waals surface area contributed by atoms with Gasteiger partial charge in [-0.25, -0.2) is 0 Å². The van der Waals surface area contributed by atoms with Crippen molar-refractivity contribution in [1.29, 1.82) is 0 Å². The van der Waals surface area contributed by atoms with Gasteiger partial charge in [-0.15, -0.1) is 0 Å². The summed E-state index contributed by atoms with van der Waals surface area (Å²) in [4.78, 5) is 38.2. The number of hydrogen-bond acceptors (Lipinski definition) is 6. The summed E-state index contributed by atoms with van der Waals surface area (Å²) in [6, 6.07) is 0. The van der Waals surface area contributed by atoms with E-state index >= 15 is 0 Å². The van der Waals surface area contributed by atoms with Crippen LogP contribution in [0, 0.1) is 0 Å². The van der Waals surface area contributed by atoms with Crippen molar-refractivity contribution in [3.63, 3.8) is 0 Å². The number of esters is 3. The van der Waals surface area contributed by atoms with Gasteiger partial charge >= 0.3 is 17.9 Å². The average Bonchev–Trinajstić information content (AvgIpc) is 3.35. The highest BCUT2D eigenvalue weighted by atomic mass is 16.6. The Hall–Kier alpha value is -3.41. The predicted octanol–water partition coefficient (Wildman–Crippen LogP) is 19.5. The van der Waals surface area contributed by atoms with Gasteiger partial charge in [0.15, 0.2) is 6.10 Å². The van der Waals surface area contributed by atoms with Gasteiger partial charge in [-0.3, -0.25) is 14.4 Å². The number of unbranched alkanes of at least 4 members (excludes halogenated alkanes) is 30. The van der Waals surface area contributed by atoms with Gasteiger partial charge in [0.1, 0.15) is 13.2 Å². The molecule has 0 saturated carbocycles. The number of ether oxygens (including phenoxy) is 3. The highest BCUT2D eigenvalue weighted by Gasteiger charge is 2.19. The minimum atomic E-state index is -0.795. The molecule has 0 fully saturated rings. The van der Waals surface area contributed by atoms with Gasteiger partial charge in [0.2, 0.25) is 0 Å². The third-order valence-electron chi connectivity index (χ3n) is 12.4. The number of hydrogen-bond donors (Lipinski definition) is 0. The van der Waals surface area contributed by atoms with E-state index in [2.05, 4.69) is 106 Å².